The lowest BCUT2D eigenvalue weighted by Gasteiger charge is -2.12. The lowest BCUT2D eigenvalue weighted by atomic mass is 10.1. The summed E-state index contributed by atoms with van der Waals surface area (Å²) < 4.78 is 5.48. The molecule has 20 heavy (non-hydrogen) atoms. The van der Waals surface area contributed by atoms with E-state index in [0.717, 1.165) is 0 Å². The molecule has 0 aliphatic heterocycles. The van der Waals surface area contributed by atoms with Crippen molar-refractivity contribution >= 4 is 28.8 Å². The van der Waals surface area contributed by atoms with Crippen LogP contribution in [-0.4, -0.2) is 24.1 Å². The molecule has 5 heteroatoms. The highest BCUT2D eigenvalue weighted by atomic mass is 32.1. The Labute approximate surface area is 124 Å². The van der Waals surface area contributed by atoms with E-state index in [1.807, 2.05) is 12.1 Å². The van der Waals surface area contributed by atoms with Gasteiger partial charge in [0, 0.05) is 5.56 Å². The first kappa shape index (κ1) is 14.9. The van der Waals surface area contributed by atoms with Gasteiger partial charge in [-0.15, -0.1) is 0 Å². The second kappa shape index (κ2) is 7.36. The molecular weight excluding hydrogens is 272 g/mol. The van der Waals surface area contributed by atoms with Crippen LogP contribution in [0, 0.1) is 5.92 Å². The summed E-state index contributed by atoms with van der Waals surface area (Å²) in [5.41, 5.74) is 6.93. The molecule has 0 bridgehead atoms. The van der Waals surface area contributed by atoms with Gasteiger partial charge in [0.1, 0.15) is 11.6 Å². The SMILES string of the molecule is NC(=S)c1ccccc1NC(=O)COCC1CCCC1. The van der Waals surface area contributed by atoms with Crippen LogP contribution in [0.3, 0.4) is 0 Å². The van der Waals surface area contributed by atoms with E-state index < -0.39 is 0 Å². The fourth-order valence-electron chi connectivity index (χ4n) is 2.49. The summed E-state index contributed by atoms with van der Waals surface area (Å²) in [7, 11) is 0. The highest BCUT2D eigenvalue weighted by molar-refractivity contribution is 7.80. The highest BCUT2D eigenvalue weighted by Crippen LogP contribution is 2.24. The van der Waals surface area contributed by atoms with E-state index in [1.54, 1.807) is 12.1 Å². The van der Waals surface area contributed by atoms with Crippen LogP contribution in [0.5, 0.6) is 0 Å². The molecule has 0 spiro atoms. The zero-order valence-corrected chi connectivity index (χ0v) is 12.2. The van der Waals surface area contributed by atoms with Crippen molar-refractivity contribution in [3.8, 4) is 0 Å². The number of carbonyl (C=O) groups excluding carboxylic acids is 1. The summed E-state index contributed by atoms with van der Waals surface area (Å²) in [6.07, 6.45) is 4.99. The topological polar surface area (TPSA) is 64.3 Å². The summed E-state index contributed by atoms with van der Waals surface area (Å²) in [4.78, 5) is 12.1. The summed E-state index contributed by atoms with van der Waals surface area (Å²) in [6.45, 7) is 0.743. The van der Waals surface area contributed by atoms with Gasteiger partial charge in [-0.1, -0.05) is 37.2 Å². The first-order chi connectivity index (χ1) is 9.66. The maximum atomic E-state index is 11.8. The first-order valence-electron chi connectivity index (χ1n) is 6.93. The third kappa shape index (κ3) is 4.28. The van der Waals surface area contributed by atoms with E-state index in [4.69, 9.17) is 22.7 Å². The third-order valence-electron chi connectivity index (χ3n) is 3.53. The number of nitrogens with one attached hydrogen (secondary N) is 1. The van der Waals surface area contributed by atoms with Crippen LogP contribution in [0.25, 0.3) is 0 Å². The molecule has 1 aliphatic carbocycles. The monoisotopic (exact) mass is 292 g/mol. The van der Waals surface area contributed by atoms with E-state index in [-0.39, 0.29) is 17.5 Å². The molecule has 0 radical (unpaired) electrons. The summed E-state index contributed by atoms with van der Waals surface area (Å²) >= 11 is 4.96. The van der Waals surface area contributed by atoms with Crippen molar-refractivity contribution in [1.29, 1.82) is 0 Å². The van der Waals surface area contributed by atoms with Crippen LogP contribution in [0.2, 0.25) is 0 Å². The van der Waals surface area contributed by atoms with Gasteiger partial charge >= 0.3 is 0 Å². The molecule has 3 N–H and O–H groups in total. The normalized spacial score (nSPS) is 15.2. The highest BCUT2D eigenvalue weighted by Gasteiger charge is 2.15. The minimum atomic E-state index is -0.174. The number of hydrogen-bond acceptors (Lipinski definition) is 3. The minimum Gasteiger partial charge on any atom is -0.389 e. The number of carbonyl (C=O) groups is 1. The van der Waals surface area contributed by atoms with Crippen LogP contribution in [-0.2, 0) is 9.53 Å². The fourth-order valence-corrected chi connectivity index (χ4v) is 2.67. The Hall–Kier alpha value is -1.46. The van der Waals surface area contributed by atoms with Gasteiger partial charge in [-0.25, -0.2) is 0 Å². The molecule has 0 heterocycles. The fraction of sp³-hybridized carbons (Fsp3) is 0.467. The number of thiocarbonyl (C=S) groups is 1. The smallest absolute Gasteiger partial charge is 0.250 e. The average Bonchev–Trinajstić information content (AvgIpc) is 2.92. The van der Waals surface area contributed by atoms with Crippen molar-refractivity contribution in [3.63, 3.8) is 0 Å². The average molecular weight is 292 g/mol. The molecule has 0 aromatic heterocycles. The zero-order chi connectivity index (χ0) is 14.4. The molecule has 1 saturated carbocycles. The molecule has 1 aliphatic rings. The molecular formula is C15H20N2O2S. The Morgan fingerprint density at radius 2 is 2.05 bits per heavy atom. The Balaban J connectivity index is 1.80. The van der Waals surface area contributed by atoms with Crippen molar-refractivity contribution < 1.29 is 9.53 Å². The molecule has 0 saturated heterocycles. The van der Waals surface area contributed by atoms with Gasteiger partial charge in [0.15, 0.2) is 0 Å². The van der Waals surface area contributed by atoms with Crippen LogP contribution < -0.4 is 11.1 Å². The van der Waals surface area contributed by atoms with Gasteiger partial charge in [-0.05, 0) is 30.9 Å². The number of nitrogens with two attached hydrogens (primary N) is 1. The number of rotatable bonds is 6. The molecule has 108 valence electrons. The lowest BCUT2D eigenvalue weighted by Crippen LogP contribution is -2.22. The Kier molecular flexibility index (Phi) is 5.49. The quantitative estimate of drug-likeness (QED) is 0.791. The summed E-state index contributed by atoms with van der Waals surface area (Å²) in [6, 6.07) is 7.23. The maximum Gasteiger partial charge on any atom is 0.250 e. The van der Waals surface area contributed by atoms with Crippen molar-refractivity contribution in [2.75, 3.05) is 18.5 Å². The number of anilines is 1. The molecule has 0 atom stereocenters. The minimum absolute atomic E-state index is 0.0716. The van der Waals surface area contributed by atoms with E-state index in [2.05, 4.69) is 5.32 Å². The van der Waals surface area contributed by atoms with Gasteiger partial charge in [0.2, 0.25) is 5.91 Å². The first-order valence-corrected chi connectivity index (χ1v) is 7.34. The number of ether oxygens (including phenoxy) is 1. The van der Waals surface area contributed by atoms with Crippen molar-refractivity contribution in [1.82, 2.24) is 0 Å². The molecule has 1 aromatic rings. The van der Waals surface area contributed by atoms with Crippen LogP contribution >= 0.6 is 12.2 Å². The van der Waals surface area contributed by atoms with E-state index >= 15 is 0 Å². The summed E-state index contributed by atoms with van der Waals surface area (Å²) in [5.74, 6) is 0.443. The number of para-hydroxylation sites is 1. The molecule has 1 amide bonds. The second-order valence-electron chi connectivity index (χ2n) is 5.12. The van der Waals surface area contributed by atoms with Gasteiger partial charge < -0.3 is 15.8 Å². The zero-order valence-electron chi connectivity index (χ0n) is 11.4. The van der Waals surface area contributed by atoms with Gasteiger partial charge in [0.05, 0.1) is 12.3 Å². The molecule has 0 unspecified atom stereocenters. The van der Waals surface area contributed by atoms with E-state index in [1.165, 1.54) is 25.7 Å². The van der Waals surface area contributed by atoms with Crippen molar-refractivity contribution in [2.45, 2.75) is 25.7 Å². The largest absolute Gasteiger partial charge is 0.389 e. The lowest BCUT2D eigenvalue weighted by molar-refractivity contribution is -0.121. The van der Waals surface area contributed by atoms with Crippen molar-refractivity contribution in [2.24, 2.45) is 11.7 Å². The van der Waals surface area contributed by atoms with Crippen molar-refractivity contribution in [3.05, 3.63) is 29.8 Å². The molecule has 1 aromatic carbocycles. The molecule has 4 nitrogen and oxygen atoms in total. The Bertz CT molecular complexity index is 485. The number of benzene rings is 1. The molecule has 2 rings (SSSR count). The summed E-state index contributed by atoms with van der Waals surface area (Å²) in [5, 5.41) is 2.79. The Morgan fingerprint density at radius 1 is 1.35 bits per heavy atom. The molecule has 1 fully saturated rings. The van der Waals surface area contributed by atoms with Gasteiger partial charge in [0.25, 0.3) is 0 Å². The van der Waals surface area contributed by atoms with Crippen LogP contribution in [0.1, 0.15) is 31.2 Å². The van der Waals surface area contributed by atoms with Gasteiger partial charge in [-0.2, -0.15) is 0 Å². The maximum absolute atomic E-state index is 11.8. The van der Waals surface area contributed by atoms with Crippen LogP contribution in [0.15, 0.2) is 24.3 Å². The van der Waals surface area contributed by atoms with E-state index in [0.29, 0.717) is 23.8 Å². The predicted molar refractivity (Wildman–Crippen MR) is 83.7 cm³/mol. The number of hydrogen-bond donors (Lipinski definition) is 2. The third-order valence-corrected chi connectivity index (χ3v) is 3.75. The van der Waals surface area contributed by atoms with E-state index in [9.17, 15) is 4.79 Å². The van der Waals surface area contributed by atoms with Gasteiger partial charge in [-0.3, -0.25) is 4.79 Å². The standard InChI is InChI=1S/C15H20N2O2S/c16-15(20)12-7-3-4-8-13(12)17-14(18)10-19-9-11-5-1-2-6-11/h3-4,7-8,11H,1-2,5-6,9-10H2,(H2,16,20)(H,17,18). The number of amides is 1. The second-order valence-corrected chi connectivity index (χ2v) is 5.56. The Morgan fingerprint density at radius 3 is 2.75 bits per heavy atom. The van der Waals surface area contributed by atoms with Crippen LogP contribution in [0.4, 0.5) is 5.69 Å². The predicted octanol–water partition coefficient (Wildman–Crippen LogP) is 2.47.